The maximum atomic E-state index is 12.1. The van der Waals surface area contributed by atoms with E-state index < -0.39 is 0 Å². The van der Waals surface area contributed by atoms with Crippen LogP contribution >= 0.6 is 0 Å². The van der Waals surface area contributed by atoms with Crippen molar-refractivity contribution in [3.8, 4) is 0 Å². The number of likely N-dealkylation sites (N-methyl/N-ethyl adjacent to an activating group) is 1. The molecule has 2 aliphatic heterocycles. The number of nitrogens with zero attached hydrogens (tertiary/aromatic N) is 5. The van der Waals surface area contributed by atoms with Gasteiger partial charge in [0.2, 0.25) is 0 Å². The van der Waals surface area contributed by atoms with Crippen LogP contribution in [-0.4, -0.2) is 83.4 Å². The molecule has 0 aromatic carbocycles. The topological polar surface area (TPSA) is 44.6 Å². The van der Waals surface area contributed by atoms with E-state index in [4.69, 9.17) is 0 Å². The van der Waals surface area contributed by atoms with E-state index in [0.29, 0.717) is 6.54 Å². The van der Waals surface area contributed by atoms with Crippen LogP contribution in [0.15, 0.2) is 16.9 Å². The van der Waals surface area contributed by atoms with Gasteiger partial charge in [0.1, 0.15) is 0 Å². The minimum atomic E-state index is -0.0344. The van der Waals surface area contributed by atoms with Gasteiger partial charge in [-0.05, 0) is 32.5 Å². The highest BCUT2D eigenvalue weighted by molar-refractivity contribution is 5.10. The summed E-state index contributed by atoms with van der Waals surface area (Å²) in [6, 6.07) is 4.25. The fourth-order valence-electron chi connectivity index (χ4n) is 4.11. The van der Waals surface area contributed by atoms with Crippen LogP contribution in [0.4, 0.5) is 0 Å². The van der Waals surface area contributed by atoms with E-state index in [9.17, 15) is 4.79 Å². The van der Waals surface area contributed by atoms with Crippen LogP contribution in [0.1, 0.15) is 45.7 Å². The summed E-state index contributed by atoms with van der Waals surface area (Å²) >= 11 is 0. The molecule has 6 nitrogen and oxygen atoms in total. The fraction of sp³-hybridized carbons (Fsp3) is 0.810. The Hall–Kier alpha value is -1.24. The van der Waals surface area contributed by atoms with Crippen molar-refractivity contribution in [2.45, 2.75) is 58.0 Å². The normalized spacial score (nSPS) is 23.6. The Kier molecular flexibility index (Phi) is 6.71. The van der Waals surface area contributed by atoms with Gasteiger partial charge in [-0.1, -0.05) is 27.2 Å². The van der Waals surface area contributed by atoms with E-state index in [-0.39, 0.29) is 11.0 Å². The third-order valence-electron chi connectivity index (χ3n) is 6.12. The average Bonchev–Trinajstić information content (AvgIpc) is 2.63. The number of piperazine rings is 1. The van der Waals surface area contributed by atoms with Gasteiger partial charge >= 0.3 is 0 Å². The van der Waals surface area contributed by atoms with Crippen molar-refractivity contribution in [1.82, 2.24) is 24.5 Å². The van der Waals surface area contributed by atoms with Gasteiger partial charge in [0.25, 0.3) is 5.56 Å². The summed E-state index contributed by atoms with van der Waals surface area (Å²) < 4.78 is 1.64. The lowest BCUT2D eigenvalue weighted by molar-refractivity contribution is 0.0825. The van der Waals surface area contributed by atoms with Gasteiger partial charge < -0.3 is 4.90 Å². The Morgan fingerprint density at radius 3 is 2.37 bits per heavy atom. The Morgan fingerprint density at radius 2 is 1.70 bits per heavy atom. The lowest BCUT2D eigenvalue weighted by Crippen LogP contribution is -2.52. The number of aromatic nitrogens is 2. The molecule has 0 N–H and O–H groups in total. The molecule has 1 aromatic heterocycles. The summed E-state index contributed by atoms with van der Waals surface area (Å²) in [5.74, 6) is 0. The molecule has 1 atom stereocenters. The Labute approximate surface area is 164 Å². The van der Waals surface area contributed by atoms with E-state index in [1.54, 1.807) is 10.7 Å². The third-order valence-corrected chi connectivity index (χ3v) is 6.12. The van der Waals surface area contributed by atoms with Gasteiger partial charge in [0.05, 0.1) is 12.2 Å². The van der Waals surface area contributed by atoms with Gasteiger partial charge in [-0.25, -0.2) is 4.68 Å². The monoisotopic (exact) mass is 375 g/mol. The zero-order chi connectivity index (χ0) is 19.4. The second-order valence-corrected chi connectivity index (χ2v) is 9.30. The minimum Gasteiger partial charge on any atom is -0.302 e. The van der Waals surface area contributed by atoms with Gasteiger partial charge in [-0.2, -0.15) is 5.10 Å². The quantitative estimate of drug-likeness (QED) is 0.783. The van der Waals surface area contributed by atoms with Crippen LogP contribution in [0.25, 0.3) is 0 Å². The van der Waals surface area contributed by atoms with E-state index in [2.05, 4.69) is 47.6 Å². The fourth-order valence-corrected chi connectivity index (χ4v) is 4.11. The molecular weight excluding hydrogens is 338 g/mol. The molecule has 27 heavy (non-hydrogen) atoms. The molecule has 0 amide bonds. The van der Waals surface area contributed by atoms with Gasteiger partial charge in [0, 0.05) is 56.8 Å². The maximum Gasteiger partial charge on any atom is 0.266 e. The lowest BCUT2D eigenvalue weighted by Gasteiger charge is -2.40. The second-order valence-electron chi connectivity index (χ2n) is 9.30. The number of rotatable bonds is 5. The molecule has 0 saturated carbocycles. The number of hydrogen-bond donors (Lipinski definition) is 0. The van der Waals surface area contributed by atoms with Crippen LogP contribution in [0, 0.1) is 0 Å². The van der Waals surface area contributed by atoms with E-state index >= 15 is 0 Å². The molecule has 6 heteroatoms. The van der Waals surface area contributed by atoms with Crippen LogP contribution in [-0.2, 0) is 12.0 Å². The highest BCUT2D eigenvalue weighted by atomic mass is 16.1. The standard InChI is InChI=1S/C21H37N5O/c1-21(2,3)19-8-9-20(27)26(22-19)16-15-24-11-13-25(14-12-24)17-18-7-5-6-10-23(18)4/h8-9,18H,5-7,10-17H2,1-4H3. The van der Waals surface area contributed by atoms with Crippen molar-refractivity contribution >= 4 is 0 Å². The van der Waals surface area contributed by atoms with Gasteiger partial charge in [-0.15, -0.1) is 0 Å². The molecule has 3 rings (SSSR count). The van der Waals surface area contributed by atoms with Crippen molar-refractivity contribution in [2.24, 2.45) is 0 Å². The van der Waals surface area contributed by atoms with Crippen molar-refractivity contribution in [3.63, 3.8) is 0 Å². The van der Waals surface area contributed by atoms with Crippen molar-refractivity contribution in [3.05, 3.63) is 28.2 Å². The Balaban J connectivity index is 1.46. The van der Waals surface area contributed by atoms with Crippen LogP contribution in [0.3, 0.4) is 0 Å². The summed E-state index contributed by atoms with van der Waals surface area (Å²) in [5, 5.41) is 4.59. The Morgan fingerprint density at radius 1 is 1.00 bits per heavy atom. The first-order valence-corrected chi connectivity index (χ1v) is 10.6. The lowest BCUT2D eigenvalue weighted by atomic mass is 9.92. The largest absolute Gasteiger partial charge is 0.302 e. The summed E-state index contributed by atoms with van der Waals surface area (Å²) in [6.45, 7) is 14.9. The molecule has 2 fully saturated rings. The van der Waals surface area contributed by atoms with Crippen molar-refractivity contribution < 1.29 is 0 Å². The van der Waals surface area contributed by atoms with Crippen molar-refractivity contribution in [2.75, 3.05) is 52.9 Å². The molecule has 0 radical (unpaired) electrons. The molecular formula is C21H37N5O. The molecule has 3 heterocycles. The first-order valence-electron chi connectivity index (χ1n) is 10.6. The maximum absolute atomic E-state index is 12.1. The van der Waals surface area contributed by atoms with E-state index in [1.807, 2.05) is 6.07 Å². The van der Waals surface area contributed by atoms with Crippen LogP contribution in [0.5, 0.6) is 0 Å². The predicted molar refractivity (Wildman–Crippen MR) is 110 cm³/mol. The minimum absolute atomic E-state index is 0.00183. The molecule has 2 aliphatic rings. The first kappa shape index (κ1) is 20.5. The molecule has 1 unspecified atom stereocenters. The first-order chi connectivity index (χ1) is 12.8. The Bertz CT molecular complexity index is 657. The van der Waals surface area contributed by atoms with E-state index in [0.717, 1.165) is 44.5 Å². The van der Waals surface area contributed by atoms with Gasteiger partial charge in [0.15, 0.2) is 0 Å². The molecule has 0 spiro atoms. The molecule has 0 bridgehead atoms. The van der Waals surface area contributed by atoms with Crippen LogP contribution < -0.4 is 5.56 Å². The predicted octanol–water partition coefficient (Wildman–Crippen LogP) is 1.64. The zero-order valence-corrected chi connectivity index (χ0v) is 17.7. The van der Waals surface area contributed by atoms with E-state index in [1.165, 1.54) is 32.4 Å². The summed E-state index contributed by atoms with van der Waals surface area (Å²) in [4.78, 5) is 19.8. The summed E-state index contributed by atoms with van der Waals surface area (Å²) in [5.41, 5.74) is 0.943. The van der Waals surface area contributed by atoms with Gasteiger partial charge in [-0.3, -0.25) is 14.6 Å². The highest BCUT2D eigenvalue weighted by Crippen LogP contribution is 2.18. The third kappa shape index (κ3) is 5.62. The molecule has 1 aromatic rings. The zero-order valence-electron chi connectivity index (χ0n) is 17.7. The SMILES string of the molecule is CN1CCCCC1CN1CCN(CCn2nc(C(C)(C)C)ccc2=O)CC1. The molecule has 0 aliphatic carbocycles. The van der Waals surface area contributed by atoms with Crippen molar-refractivity contribution in [1.29, 1.82) is 0 Å². The van der Waals surface area contributed by atoms with Crippen LogP contribution in [0.2, 0.25) is 0 Å². The highest BCUT2D eigenvalue weighted by Gasteiger charge is 2.24. The number of hydrogen-bond acceptors (Lipinski definition) is 5. The smallest absolute Gasteiger partial charge is 0.266 e. The second kappa shape index (κ2) is 8.84. The number of piperidine rings is 1. The molecule has 2 saturated heterocycles. The number of likely N-dealkylation sites (tertiary alicyclic amines) is 1. The molecule has 152 valence electrons. The average molecular weight is 376 g/mol. The summed E-state index contributed by atoms with van der Waals surface area (Å²) in [7, 11) is 2.27. The summed E-state index contributed by atoms with van der Waals surface area (Å²) in [6.07, 6.45) is 4.07.